The molecule has 0 unspecified atom stereocenters. The molecule has 0 bridgehead atoms. The van der Waals surface area contributed by atoms with E-state index in [1.165, 1.54) is 24.9 Å². The fraction of sp³-hybridized carbons (Fsp3) is 0.391. The second-order valence-corrected chi connectivity index (χ2v) is 7.31. The van der Waals surface area contributed by atoms with E-state index in [-0.39, 0.29) is 11.8 Å². The molecule has 1 N–H and O–H groups in total. The first-order valence-electron chi connectivity index (χ1n) is 10.0. The minimum absolute atomic E-state index is 0.0316. The lowest BCUT2D eigenvalue weighted by molar-refractivity contribution is -0.116. The number of benzene rings is 2. The standard InChI is InChI=1S/C23H29N3O2/c1-18-8-4-5-9-22(18)23(28)24-14-17-26(19(2)27)21-12-10-20(11-13-21)25-15-6-3-7-16-25/h4-5,8-13H,3,6-7,14-17H2,1-2H3,(H,24,28). The van der Waals surface area contributed by atoms with Gasteiger partial charge in [-0.3, -0.25) is 9.59 Å². The van der Waals surface area contributed by atoms with Gasteiger partial charge in [-0.25, -0.2) is 0 Å². The minimum atomic E-state index is -0.109. The molecule has 1 aliphatic rings. The Kier molecular flexibility index (Phi) is 6.69. The molecule has 2 aromatic carbocycles. The first-order chi connectivity index (χ1) is 13.6. The summed E-state index contributed by atoms with van der Waals surface area (Å²) in [4.78, 5) is 28.6. The zero-order valence-electron chi connectivity index (χ0n) is 16.8. The smallest absolute Gasteiger partial charge is 0.251 e. The van der Waals surface area contributed by atoms with E-state index in [2.05, 4.69) is 22.3 Å². The van der Waals surface area contributed by atoms with Crippen LogP contribution in [0.1, 0.15) is 42.1 Å². The van der Waals surface area contributed by atoms with Gasteiger partial charge in [-0.05, 0) is 62.1 Å². The van der Waals surface area contributed by atoms with Gasteiger partial charge in [-0.1, -0.05) is 18.2 Å². The third-order valence-electron chi connectivity index (χ3n) is 5.27. The van der Waals surface area contributed by atoms with Crippen molar-refractivity contribution in [3.8, 4) is 0 Å². The van der Waals surface area contributed by atoms with Crippen LogP contribution in [0.5, 0.6) is 0 Å². The van der Waals surface area contributed by atoms with Crippen LogP contribution in [-0.4, -0.2) is 38.0 Å². The summed E-state index contributed by atoms with van der Waals surface area (Å²) in [5.74, 6) is -0.141. The molecule has 2 aromatic rings. The number of anilines is 2. The zero-order chi connectivity index (χ0) is 19.9. The topological polar surface area (TPSA) is 52.7 Å². The normalized spacial score (nSPS) is 13.9. The van der Waals surface area contributed by atoms with Crippen molar-refractivity contribution in [3.05, 3.63) is 59.7 Å². The number of piperidine rings is 1. The molecule has 1 fully saturated rings. The number of carbonyl (C=O) groups is 2. The van der Waals surface area contributed by atoms with Gasteiger partial charge < -0.3 is 15.1 Å². The highest BCUT2D eigenvalue weighted by Crippen LogP contribution is 2.23. The summed E-state index contributed by atoms with van der Waals surface area (Å²) < 4.78 is 0. The molecule has 0 saturated carbocycles. The molecule has 0 radical (unpaired) electrons. The largest absolute Gasteiger partial charge is 0.372 e. The summed E-state index contributed by atoms with van der Waals surface area (Å²) in [5.41, 5.74) is 3.68. The molecule has 2 amide bonds. The van der Waals surface area contributed by atoms with Crippen LogP contribution in [0.3, 0.4) is 0 Å². The number of rotatable bonds is 6. The highest BCUT2D eigenvalue weighted by Gasteiger charge is 2.15. The van der Waals surface area contributed by atoms with Crippen molar-refractivity contribution < 1.29 is 9.59 Å². The Morgan fingerprint density at radius 1 is 1.00 bits per heavy atom. The number of aryl methyl sites for hydroxylation is 1. The second kappa shape index (κ2) is 9.40. The molecule has 1 aliphatic heterocycles. The SMILES string of the molecule is CC(=O)N(CCNC(=O)c1ccccc1C)c1ccc(N2CCCCC2)cc1. The van der Waals surface area contributed by atoms with E-state index >= 15 is 0 Å². The maximum atomic E-state index is 12.4. The van der Waals surface area contributed by atoms with Crippen LogP contribution < -0.4 is 15.1 Å². The Morgan fingerprint density at radius 3 is 2.32 bits per heavy atom. The molecule has 0 atom stereocenters. The summed E-state index contributed by atoms with van der Waals surface area (Å²) >= 11 is 0. The third kappa shape index (κ3) is 4.91. The number of nitrogens with one attached hydrogen (secondary N) is 1. The van der Waals surface area contributed by atoms with E-state index in [4.69, 9.17) is 0 Å². The average molecular weight is 380 g/mol. The summed E-state index contributed by atoms with van der Waals surface area (Å²) in [6.07, 6.45) is 3.78. The van der Waals surface area contributed by atoms with Crippen molar-refractivity contribution in [3.63, 3.8) is 0 Å². The molecule has 0 spiro atoms. The van der Waals surface area contributed by atoms with Crippen molar-refractivity contribution in [2.45, 2.75) is 33.1 Å². The van der Waals surface area contributed by atoms with Gasteiger partial charge in [0.25, 0.3) is 5.91 Å². The van der Waals surface area contributed by atoms with E-state index in [0.29, 0.717) is 18.7 Å². The van der Waals surface area contributed by atoms with Crippen LogP contribution >= 0.6 is 0 Å². The Balaban J connectivity index is 1.59. The first kappa shape index (κ1) is 19.9. The summed E-state index contributed by atoms with van der Waals surface area (Å²) in [5, 5.41) is 2.92. The van der Waals surface area contributed by atoms with Gasteiger partial charge in [0.2, 0.25) is 5.91 Å². The van der Waals surface area contributed by atoms with E-state index in [1.54, 1.807) is 11.8 Å². The number of nitrogens with zero attached hydrogens (tertiary/aromatic N) is 2. The lowest BCUT2D eigenvalue weighted by Crippen LogP contribution is -2.37. The van der Waals surface area contributed by atoms with Gasteiger partial charge >= 0.3 is 0 Å². The lowest BCUT2D eigenvalue weighted by Gasteiger charge is -2.29. The van der Waals surface area contributed by atoms with Crippen LogP contribution in [0.4, 0.5) is 11.4 Å². The van der Waals surface area contributed by atoms with Crippen molar-refractivity contribution in [2.75, 3.05) is 36.0 Å². The van der Waals surface area contributed by atoms with E-state index in [1.807, 2.05) is 43.3 Å². The molecule has 5 heteroatoms. The maximum Gasteiger partial charge on any atom is 0.251 e. The van der Waals surface area contributed by atoms with Gasteiger partial charge in [0.1, 0.15) is 0 Å². The van der Waals surface area contributed by atoms with Crippen molar-refractivity contribution >= 4 is 23.2 Å². The molecule has 148 valence electrons. The highest BCUT2D eigenvalue weighted by atomic mass is 16.2. The van der Waals surface area contributed by atoms with Crippen LogP contribution in [0.2, 0.25) is 0 Å². The summed E-state index contributed by atoms with van der Waals surface area (Å²) in [6.45, 7) is 6.51. The molecule has 1 heterocycles. The molecule has 0 aromatic heterocycles. The van der Waals surface area contributed by atoms with Crippen molar-refractivity contribution in [1.29, 1.82) is 0 Å². The van der Waals surface area contributed by atoms with Crippen LogP contribution in [0.15, 0.2) is 48.5 Å². The number of carbonyl (C=O) groups excluding carboxylic acids is 2. The predicted octanol–water partition coefficient (Wildman–Crippen LogP) is 3.77. The van der Waals surface area contributed by atoms with Crippen molar-refractivity contribution in [2.24, 2.45) is 0 Å². The summed E-state index contributed by atoms with van der Waals surface area (Å²) in [7, 11) is 0. The number of amides is 2. The minimum Gasteiger partial charge on any atom is -0.372 e. The lowest BCUT2D eigenvalue weighted by atomic mass is 10.1. The average Bonchev–Trinajstić information content (AvgIpc) is 2.72. The molecule has 28 heavy (non-hydrogen) atoms. The van der Waals surface area contributed by atoms with Gasteiger partial charge in [0, 0.05) is 50.0 Å². The molecule has 1 saturated heterocycles. The molecule has 3 rings (SSSR count). The van der Waals surface area contributed by atoms with Crippen LogP contribution in [0, 0.1) is 6.92 Å². The van der Waals surface area contributed by atoms with Gasteiger partial charge in [-0.2, -0.15) is 0 Å². The van der Waals surface area contributed by atoms with E-state index < -0.39 is 0 Å². The summed E-state index contributed by atoms with van der Waals surface area (Å²) in [6, 6.07) is 15.7. The first-order valence-corrected chi connectivity index (χ1v) is 10.0. The Morgan fingerprint density at radius 2 is 1.68 bits per heavy atom. The Bertz CT molecular complexity index is 811. The van der Waals surface area contributed by atoms with Gasteiger partial charge in [0.15, 0.2) is 0 Å². The molecule has 5 nitrogen and oxygen atoms in total. The van der Waals surface area contributed by atoms with Crippen LogP contribution in [-0.2, 0) is 4.79 Å². The van der Waals surface area contributed by atoms with E-state index in [9.17, 15) is 9.59 Å². The fourth-order valence-electron chi connectivity index (χ4n) is 3.67. The maximum absolute atomic E-state index is 12.4. The van der Waals surface area contributed by atoms with Gasteiger partial charge in [-0.15, -0.1) is 0 Å². The molecular weight excluding hydrogens is 350 g/mol. The Labute approximate surface area is 167 Å². The third-order valence-corrected chi connectivity index (χ3v) is 5.27. The molecular formula is C23H29N3O2. The van der Waals surface area contributed by atoms with Gasteiger partial charge in [0.05, 0.1) is 0 Å². The quantitative estimate of drug-likeness (QED) is 0.831. The predicted molar refractivity (Wildman–Crippen MR) is 114 cm³/mol. The monoisotopic (exact) mass is 379 g/mol. The number of hydrogen-bond donors (Lipinski definition) is 1. The zero-order valence-corrected chi connectivity index (χ0v) is 16.8. The Hall–Kier alpha value is -2.82. The molecule has 0 aliphatic carbocycles. The van der Waals surface area contributed by atoms with E-state index in [0.717, 1.165) is 24.3 Å². The fourth-order valence-corrected chi connectivity index (χ4v) is 3.67. The van der Waals surface area contributed by atoms with Crippen LogP contribution in [0.25, 0.3) is 0 Å². The van der Waals surface area contributed by atoms with Crippen molar-refractivity contribution in [1.82, 2.24) is 5.32 Å². The second-order valence-electron chi connectivity index (χ2n) is 7.31. The number of hydrogen-bond acceptors (Lipinski definition) is 3. The highest BCUT2D eigenvalue weighted by molar-refractivity contribution is 5.96.